The Morgan fingerprint density at radius 3 is 2.86 bits per heavy atom. The van der Waals surface area contributed by atoms with Crippen LogP contribution in [-0.4, -0.2) is 40.5 Å². The van der Waals surface area contributed by atoms with E-state index in [1.165, 1.54) is 26.0 Å². The summed E-state index contributed by atoms with van der Waals surface area (Å²) in [5.74, 6) is 0.815. The van der Waals surface area contributed by atoms with E-state index in [-0.39, 0.29) is 11.7 Å². The van der Waals surface area contributed by atoms with Crippen molar-refractivity contribution < 1.29 is 18.7 Å². The maximum Gasteiger partial charge on any atom is 0.234 e. The predicted octanol–water partition coefficient (Wildman–Crippen LogP) is 3.88. The van der Waals surface area contributed by atoms with Crippen LogP contribution in [0.15, 0.2) is 46.3 Å². The molecule has 1 amide bonds. The highest BCUT2D eigenvalue weighted by molar-refractivity contribution is 8.00. The van der Waals surface area contributed by atoms with Crippen LogP contribution in [0.25, 0.3) is 16.6 Å². The van der Waals surface area contributed by atoms with Crippen molar-refractivity contribution in [2.75, 3.05) is 25.3 Å². The molecule has 8 nitrogen and oxygen atoms in total. The van der Waals surface area contributed by atoms with E-state index in [4.69, 9.17) is 25.5 Å². The number of thioether (sulfide) groups is 1. The summed E-state index contributed by atoms with van der Waals surface area (Å²) in [5.41, 5.74) is 2.92. The zero-order valence-corrected chi connectivity index (χ0v) is 16.5. The number of benzene rings is 1. The van der Waals surface area contributed by atoms with Gasteiger partial charge in [0.2, 0.25) is 5.91 Å². The Kier molecular flexibility index (Phi) is 5.01. The first-order chi connectivity index (χ1) is 13.6. The highest BCUT2D eigenvalue weighted by Gasteiger charge is 2.15. The molecule has 144 valence electrons. The summed E-state index contributed by atoms with van der Waals surface area (Å²) in [5, 5.41) is 11.9. The van der Waals surface area contributed by atoms with Crippen molar-refractivity contribution in [2.24, 2.45) is 0 Å². The van der Waals surface area contributed by atoms with Gasteiger partial charge in [0.25, 0.3) is 0 Å². The lowest BCUT2D eigenvalue weighted by atomic mass is 10.2. The van der Waals surface area contributed by atoms with Crippen LogP contribution in [0, 0.1) is 0 Å². The molecule has 1 aromatic carbocycles. The molecule has 28 heavy (non-hydrogen) atoms. The van der Waals surface area contributed by atoms with Crippen LogP contribution in [0.5, 0.6) is 11.5 Å². The van der Waals surface area contributed by atoms with Gasteiger partial charge in [-0.25, -0.2) is 0 Å². The average Bonchev–Trinajstić information content (AvgIpc) is 3.28. The number of amides is 1. The number of nitrogens with one attached hydrogen (secondary N) is 1. The molecule has 0 atom stereocenters. The Morgan fingerprint density at radius 2 is 2.07 bits per heavy atom. The molecule has 0 aliphatic rings. The smallest absolute Gasteiger partial charge is 0.234 e. The molecule has 3 aromatic heterocycles. The molecule has 0 aliphatic heterocycles. The number of carbonyl (C=O) groups excluding carboxylic acids is 1. The number of nitrogens with zero attached hydrogens (tertiary/aromatic N) is 3. The van der Waals surface area contributed by atoms with Gasteiger partial charge >= 0.3 is 0 Å². The van der Waals surface area contributed by atoms with Gasteiger partial charge in [0.15, 0.2) is 5.58 Å². The summed E-state index contributed by atoms with van der Waals surface area (Å²) in [4.78, 5) is 12.4. The largest absolute Gasteiger partial charge is 0.495 e. The fourth-order valence-corrected chi connectivity index (χ4v) is 3.79. The third kappa shape index (κ3) is 3.34. The van der Waals surface area contributed by atoms with E-state index in [1.54, 1.807) is 24.7 Å². The van der Waals surface area contributed by atoms with Crippen LogP contribution in [-0.2, 0) is 4.79 Å². The third-order valence-electron chi connectivity index (χ3n) is 4.08. The Bertz CT molecular complexity index is 1170. The van der Waals surface area contributed by atoms with E-state index in [2.05, 4.69) is 15.5 Å². The Hall–Kier alpha value is -2.91. The fraction of sp³-hybridized carbons (Fsp3) is 0.167. The molecule has 10 heteroatoms. The summed E-state index contributed by atoms with van der Waals surface area (Å²) >= 11 is 7.42. The van der Waals surface area contributed by atoms with E-state index in [1.807, 2.05) is 16.5 Å². The molecule has 4 rings (SSSR count). The molecule has 0 aliphatic carbocycles. The quantitative estimate of drug-likeness (QED) is 0.475. The first-order valence-electron chi connectivity index (χ1n) is 8.15. The van der Waals surface area contributed by atoms with Crippen LogP contribution in [0.4, 0.5) is 5.69 Å². The van der Waals surface area contributed by atoms with Gasteiger partial charge in [0.05, 0.1) is 48.0 Å². The van der Waals surface area contributed by atoms with E-state index in [9.17, 15) is 4.79 Å². The number of hydrogen-bond donors (Lipinski definition) is 1. The van der Waals surface area contributed by atoms with Gasteiger partial charge in [0, 0.05) is 18.2 Å². The zero-order valence-electron chi connectivity index (χ0n) is 14.9. The minimum absolute atomic E-state index is 0.133. The van der Waals surface area contributed by atoms with Gasteiger partial charge in [0.1, 0.15) is 22.9 Å². The highest BCUT2D eigenvalue weighted by Crippen LogP contribution is 2.36. The molecule has 4 aromatic rings. The number of halogens is 1. The van der Waals surface area contributed by atoms with E-state index < -0.39 is 0 Å². The van der Waals surface area contributed by atoms with Crippen molar-refractivity contribution in [1.29, 1.82) is 0 Å². The zero-order chi connectivity index (χ0) is 19.7. The monoisotopic (exact) mass is 418 g/mol. The Balaban J connectivity index is 1.51. The molecule has 0 bridgehead atoms. The lowest BCUT2D eigenvalue weighted by Crippen LogP contribution is -2.15. The molecule has 0 saturated heterocycles. The Morgan fingerprint density at radius 1 is 1.25 bits per heavy atom. The van der Waals surface area contributed by atoms with Gasteiger partial charge in [-0.2, -0.15) is 0 Å². The number of hydrogen-bond acceptors (Lipinski definition) is 7. The number of aromatic nitrogens is 3. The van der Waals surface area contributed by atoms with Crippen molar-refractivity contribution in [1.82, 2.24) is 14.6 Å². The molecule has 1 N–H and O–H groups in total. The van der Waals surface area contributed by atoms with Crippen LogP contribution in [0.1, 0.15) is 0 Å². The number of methoxy groups -OCH3 is 2. The second-order valence-corrected chi connectivity index (χ2v) is 7.10. The van der Waals surface area contributed by atoms with Gasteiger partial charge < -0.3 is 19.2 Å². The van der Waals surface area contributed by atoms with E-state index in [0.29, 0.717) is 27.2 Å². The van der Waals surface area contributed by atoms with E-state index in [0.717, 1.165) is 16.6 Å². The van der Waals surface area contributed by atoms with Gasteiger partial charge in [-0.3, -0.25) is 9.20 Å². The second-order valence-electron chi connectivity index (χ2n) is 5.73. The summed E-state index contributed by atoms with van der Waals surface area (Å²) in [6.07, 6.45) is 3.23. The number of rotatable bonds is 6. The third-order valence-corrected chi connectivity index (χ3v) is 5.35. The lowest BCUT2D eigenvalue weighted by Gasteiger charge is -2.13. The number of carbonyl (C=O) groups is 1. The molecule has 0 saturated carbocycles. The molecule has 0 spiro atoms. The van der Waals surface area contributed by atoms with Crippen molar-refractivity contribution in [3.63, 3.8) is 0 Å². The van der Waals surface area contributed by atoms with Crippen molar-refractivity contribution >= 4 is 51.6 Å². The maximum absolute atomic E-state index is 12.4. The number of anilines is 1. The lowest BCUT2D eigenvalue weighted by molar-refractivity contribution is -0.113. The molecular formula is C18H15ClN4O4S. The first-order valence-corrected chi connectivity index (χ1v) is 9.51. The van der Waals surface area contributed by atoms with Crippen LogP contribution in [0.2, 0.25) is 5.02 Å². The molecular weight excluding hydrogens is 404 g/mol. The molecule has 0 radical (unpaired) electrons. The fourth-order valence-electron chi connectivity index (χ4n) is 2.80. The van der Waals surface area contributed by atoms with Crippen LogP contribution in [0.3, 0.4) is 0 Å². The van der Waals surface area contributed by atoms with Crippen molar-refractivity contribution in [2.45, 2.75) is 5.03 Å². The normalized spacial score (nSPS) is 11.1. The minimum Gasteiger partial charge on any atom is -0.495 e. The summed E-state index contributed by atoms with van der Waals surface area (Å²) < 4.78 is 17.7. The van der Waals surface area contributed by atoms with Gasteiger partial charge in [-0.1, -0.05) is 23.4 Å². The maximum atomic E-state index is 12.4. The number of ether oxygens (including phenoxy) is 2. The number of furan rings is 1. The van der Waals surface area contributed by atoms with Crippen molar-refractivity contribution in [3.8, 4) is 11.5 Å². The summed E-state index contributed by atoms with van der Waals surface area (Å²) in [6, 6.07) is 6.93. The van der Waals surface area contributed by atoms with Crippen LogP contribution < -0.4 is 14.8 Å². The molecule has 3 heterocycles. The Labute approximate surface area is 168 Å². The van der Waals surface area contributed by atoms with E-state index >= 15 is 0 Å². The number of fused-ring (bicyclic) bond motifs is 3. The summed E-state index contributed by atoms with van der Waals surface area (Å²) in [7, 11) is 3.02. The second kappa shape index (κ2) is 7.61. The standard InChI is InChI=1S/C18H15ClN4O4S/c1-25-14-7-15(26-2)11(5-10(14)19)21-17(24)8-28-18-13-6-16-12(3-4-27-16)23(13)9-20-22-18/h3-7,9H,8H2,1-2H3,(H,21,24). The highest BCUT2D eigenvalue weighted by atomic mass is 35.5. The van der Waals surface area contributed by atoms with Gasteiger partial charge in [-0.15, -0.1) is 10.2 Å². The van der Waals surface area contributed by atoms with Crippen LogP contribution >= 0.6 is 23.4 Å². The minimum atomic E-state index is -0.233. The van der Waals surface area contributed by atoms with Crippen molar-refractivity contribution in [3.05, 3.63) is 41.9 Å². The topological polar surface area (TPSA) is 90.9 Å². The average molecular weight is 419 g/mol. The molecule has 0 unspecified atom stereocenters. The predicted molar refractivity (Wildman–Crippen MR) is 107 cm³/mol. The SMILES string of the molecule is COc1cc(OC)c(NC(=O)CSc2nncn3c2cc2occc23)cc1Cl. The molecule has 0 fully saturated rings. The van der Waals surface area contributed by atoms with Gasteiger partial charge in [-0.05, 0) is 6.07 Å². The first kappa shape index (κ1) is 18.5. The summed E-state index contributed by atoms with van der Waals surface area (Å²) in [6.45, 7) is 0.